The molecule has 0 bridgehead atoms. The van der Waals surface area contributed by atoms with Crippen molar-refractivity contribution in [2.24, 2.45) is 11.8 Å². The van der Waals surface area contributed by atoms with Crippen molar-refractivity contribution in [3.8, 4) is 0 Å². The van der Waals surface area contributed by atoms with Gasteiger partial charge in [0.15, 0.2) is 0 Å². The summed E-state index contributed by atoms with van der Waals surface area (Å²) < 4.78 is 0. The Hall–Kier alpha value is -1.15. The van der Waals surface area contributed by atoms with E-state index in [1.165, 1.54) is 5.56 Å². The molecule has 2 heteroatoms. The van der Waals surface area contributed by atoms with Crippen LogP contribution in [0.5, 0.6) is 0 Å². The Morgan fingerprint density at radius 1 is 1.35 bits per heavy atom. The fraction of sp³-hybridized carbons (Fsp3) is 0.533. The van der Waals surface area contributed by atoms with Gasteiger partial charge in [-0.3, -0.25) is 9.69 Å². The van der Waals surface area contributed by atoms with Crippen LogP contribution in [0.15, 0.2) is 30.3 Å². The summed E-state index contributed by atoms with van der Waals surface area (Å²) in [7, 11) is 0. The van der Waals surface area contributed by atoms with Crippen LogP contribution >= 0.6 is 0 Å². The van der Waals surface area contributed by atoms with Gasteiger partial charge in [0.1, 0.15) is 5.78 Å². The molecule has 0 aliphatic carbocycles. The number of hydrogen-bond donors (Lipinski definition) is 0. The van der Waals surface area contributed by atoms with E-state index in [4.69, 9.17) is 0 Å². The maximum atomic E-state index is 11.9. The van der Waals surface area contributed by atoms with Gasteiger partial charge in [-0.05, 0) is 18.5 Å². The van der Waals surface area contributed by atoms with E-state index in [0.29, 0.717) is 5.78 Å². The van der Waals surface area contributed by atoms with Gasteiger partial charge in [-0.15, -0.1) is 0 Å². The zero-order valence-electron chi connectivity index (χ0n) is 10.7. The van der Waals surface area contributed by atoms with Crippen molar-refractivity contribution < 1.29 is 4.79 Å². The Bertz CT molecular complexity index is 372. The smallest absolute Gasteiger partial charge is 0.139 e. The lowest BCUT2D eigenvalue weighted by molar-refractivity contribution is -0.125. The Labute approximate surface area is 104 Å². The number of carbonyl (C=O) groups excluding carboxylic acids is 1. The van der Waals surface area contributed by atoms with Crippen molar-refractivity contribution in [3.63, 3.8) is 0 Å². The van der Waals surface area contributed by atoms with E-state index in [-0.39, 0.29) is 11.8 Å². The highest BCUT2D eigenvalue weighted by molar-refractivity contribution is 5.83. The Morgan fingerprint density at radius 2 is 2.06 bits per heavy atom. The number of benzene rings is 1. The number of likely N-dealkylation sites (tertiary alicyclic amines) is 1. The van der Waals surface area contributed by atoms with Crippen LogP contribution in [0.4, 0.5) is 0 Å². The van der Waals surface area contributed by atoms with Gasteiger partial charge in [0, 0.05) is 24.9 Å². The molecule has 1 aliphatic heterocycles. The molecule has 2 nitrogen and oxygen atoms in total. The molecule has 1 saturated heterocycles. The van der Waals surface area contributed by atoms with E-state index in [2.05, 4.69) is 29.2 Å². The van der Waals surface area contributed by atoms with Gasteiger partial charge in [-0.25, -0.2) is 0 Å². The average molecular weight is 231 g/mol. The van der Waals surface area contributed by atoms with Gasteiger partial charge in [0.2, 0.25) is 0 Å². The monoisotopic (exact) mass is 231 g/mol. The van der Waals surface area contributed by atoms with Crippen LogP contribution in [0.25, 0.3) is 0 Å². The van der Waals surface area contributed by atoms with Gasteiger partial charge in [-0.2, -0.15) is 0 Å². The summed E-state index contributed by atoms with van der Waals surface area (Å²) in [6, 6.07) is 10.5. The molecule has 0 amide bonds. The number of nitrogens with zero attached hydrogens (tertiary/aromatic N) is 1. The summed E-state index contributed by atoms with van der Waals surface area (Å²) in [4.78, 5) is 14.3. The molecule has 0 N–H and O–H groups in total. The van der Waals surface area contributed by atoms with E-state index < -0.39 is 0 Å². The number of ketones is 1. The van der Waals surface area contributed by atoms with Crippen LogP contribution in [0.1, 0.15) is 25.8 Å². The Balaban J connectivity index is 1.88. The normalized spacial score (nSPS) is 21.0. The summed E-state index contributed by atoms with van der Waals surface area (Å²) in [5.41, 5.74) is 1.34. The minimum atomic E-state index is 0.177. The highest BCUT2D eigenvalue weighted by Crippen LogP contribution is 2.21. The minimum Gasteiger partial charge on any atom is -0.299 e. The van der Waals surface area contributed by atoms with Gasteiger partial charge in [0.25, 0.3) is 0 Å². The second kappa shape index (κ2) is 5.46. The van der Waals surface area contributed by atoms with Crippen LogP contribution in [-0.4, -0.2) is 23.8 Å². The molecule has 1 aromatic carbocycles. The molecule has 0 aromatic heterocycles. The number of hydrogen-bond acceptors (Lipinski definition) is 2. The quantitative estimate of drug-likeness (QED) is 0.794. The van der Waals surface area contributed by atoms with Crippen LogP contribution in [0.3, 0.4) is 0 Å². The summed E-state index contributed by atoms with van der Waals surface area (Å²) in [5, 5.41) is 0. The maximum absolute atomic E-state index is 11.9. The number of Topliss-reactive ketones (excluding diaryl/α,β-unsaturated/α-hetero) is 1. The fourth-order valence-corrected chi connectivity index (χ4v) is 2.52. The third kappa shape index (κ3) is 3.16. The molecular weight excluding hydrogens is 210 g/mol. The summed E-state index contributed by atoms with van der Waals surface area (Å²) in [6.45, 7) is 6.97. The van der Waals surface area contributed by atoms with E-state index in [1.807, 2.05) is 19.9 Å². The van der Waals surface area contributed by atoms with Crippen molar-refractivity contribution >= 4 is 5.78 Å². The zero-order chi connectivity index (χ0) is 12.3. The molecule has 1 fully saturated rings. The zero-order valence-corrected chi connectivity index (χ0v) is 10.7. The third-order valence-corrected chi connectivity index (χ3v) is 3.49. The van der Waals surface area contributed by atoms with Crippen LogP contribution < -0.4 is 0 Å². The van der Waals surface area contributed by atoms with Crippen LogP contribution in [0, 0.1) is 11.8 Å². The van der Waals surface area contributed by atoms with Gasteiger partial charge in [-0.1, -0.05) is 44.2 Å². The molecular formula is C15H21NO. The van der Waals surface area contributed by atoms with Crippen molar-refractivity contribution in [3.05, 3.63) is 35.9 Å². The minimum absolute atomic E-state index is 0.177. The van der Waals surface area contributed by atoms with Gasteiger partial charge >= 0.3 is 0 Å². The molecule has 1 aliphatic rings. The lowest BCUT2D eigenvalue weighted by Crippen LogP contribution is -2.25. The molecule has 0 spiro atoms. The summed E-state index contributed by atoms with van der Waals surface area (Å²) >= 11 is 0. The molecule has 17 heavy (non-hydrogen) atoms. The molecule has 92 valence electrons. The first-order valence-electron chi connectivity index (χ1n) is 6.47. The standard InChI is InChI=1S/C15H21NO/c1-12(2)15(17)14-8-9-16(11-14)10-13-6-4-3-5-7-13/h3-7,12,14H,8-11H2,1-2H3. The highest BCUT2D eigenvalue weighted by atomic mass is 16.1. The largest absolute Gasteiger partial charge is 0.299 e. The molecule has 2 rings (SSSR count). The SMILES string of the molecule is CC(C)C(=O)C1CCN(Cc2ccccc2)C1. The maximum Gasteiger partial charge on any atom is 0.139 e. The van der Waals surface area contributed by atoms with E-state index in [9.17, 15) is 4.79 Å². The van der Waals surface area contributed by atoms with Crippen molar-refractivity contribution in [2.45, 2.75) is 26.8 Å². The predicted molar refractivity (Wildman–Crippen MR) is 69.7 cm³/mol. The molecule has 1 unspecified atom stereocenters. The number of rotatable bonds is 4. The average Bonchev–Trinajstić information content (AvgIpc) is 2.77. The lowest BCUT2D eigenvalue weighted by atomic mass is 9.95. The first kappa shape index (κ1) is 12.3. The Kier molecular flexibility index (Phi) is 3.95. The first-order chi connectivity index (χ1) is 8.16. The molecule has 1 aromatic rings. The lowest BCUT2D eigenvalue weighted by Gasteiger charge is -2.16. The molecule has 0 saturated carbocycles. The van der Waals surface area contributed by atoms with Crippen LogP contribution in [-0.2, 0) is 11.3 Å². The third-order valence-electron chi connectivity index (χ3n) is 3.49. The molecule has 0 radical (unpaired) electrons. The molecule has 1 heterocycles. The first-order valence-corrected chi connectivity index (χ1v) is 6.47. The molecule has 1 atom stereocenters. The predicted octanol–water partition coefficient (Wildman–Crippen LogP) is 2.73. The van der Waals surface area contributed by atoms with E-state index in [0.717, 1.165) is 26.1 Å². The van der Waals surface area contributed by atoms with Crippen LogP contribution in [0.2, 0.25) is 0 Å². The van der Waals surface area contributed by atoms with Gasteiger partial charge < -0.3 is 0 Å². The second-order valence-electron chi connectivity index (χ2n) is 5.26. The van der Waals surface area contributed by atoms with Crippen molar-refractivity contribution in [2.75, 3.05) is 13.1 Å². The highest BCUT2D eigenvalue weighted by Gasteiger charge is 2.29. The van der Waals surface area contributed by atoms with E-state index >= 15 is 0 Å². The number of carbonyl (C=O) groups is 1. The Morgan fingerprint density at radius 3 is 2.71 bits per heavy atom. The fourth-order valence-electron chi connectivity index (χ4n) is 2.52. The topological polar surface area (TPSA) is 20.3 Å². The van der Waals surface area contributed by atoms with Gasteiger partial charge in [0.05, 0.1) is 0 Å². The van der Waals surface area contributed by atoms with Crippen molar-refractivity contribution in [1.82, 2.24) is 4.90 Å². The summed E-state index contributed by atoms with van der Waals surface area (Å²) in [5.74, 6) is 0.871. The van der Waals surface area contributed by atoms with Crippen molar-refractivity contribution in [1.29, 1.82) is 0 Å². The van der Waals surface area contributed by atoms with E-state index in [1.54, 1.807) is 0 Å². The summed E-state index contributed by atoms with van der Waals surface area (Å²) in [6.07, 6.45) is 1.03. The second-order valence-corrected chi connectivity index (χ2v) is 5.26.